The molecule has 0 spiro atoms. The SMILES string of the molecule is COc1ccc(OC)c(C=Cc2ccc(N3C(=O)[C@H]4[C@H](CC=C5[C@H]4C[C@@]4(Cl)C(=O)N(C)C(=O)[C@@]4(Cl)[C@H]5c4ccc(O)cc4Cl)C3=O)cc2)c1. The van der Waals surface area contributed by atoms with Crippen LogP contribution >= 0.6 is 34.8 Å². The van der Waals surface area contributed by atoms with E-state index in [1.54, 1.807) is 32.4 Å². The Labute approximate surface area is 297 Å². The highest BCUT2D eigenvalue weighted by molar-refractivity contribution is 6.54. The molecule has 3 aromatic carbocycles. The van der Waals surface area contributed by atoms with Gasteiger partial charge in [-0.15, -0.1) is 23.2 Å². The summed E-state index contributed by atoms with van der Waals surface area (Å²) < 4.78 is 10.8. The van der Waals surface area contributed by atoms with Gasteiger partial charge in [0.1, 0.15) is 17.2 Å². The average Bonchev–Trinajstić information content (AvgIpc) is 3.42. The van der Waals surface area contributed by atoms with Gasteiger partial charge in [-0.05, 0) is 72.4 Å². The van der Waals surface area contributed by atoms with Crippen molar-refractivity contribution in [1.82, 2.24) is 4.90 Å². The van der Waals surface area contributed by atoms with Gasteiger partial charge in [-0.2, -0.15) is 0 Å². The molecule has 252 valence electrons. The number of carbonyl (C=O) groups excluding carboxylic acids is 4. The Kier molecular flexibility index (Phi) is 8.08. The molecule has 1 N–H and O–H groups in total. The third kappa shape index (κ3) is 4.81. The number of phenolic OH excluding ortho intramolecular Hbond substituents is 1. The Balaban J connectivity index is 1.23. The van der Waals surface area contributed by atoms with E-state index in [9.17, 15) is 24.3 Å². The van der Waals surface area contributed by atoms with Crippen molar-refractivity contribution < 1.29 is 33.8 Å². The van der Waals surface area contributed by atoms with Gasteiger partial charge in [0.25, 0.3) is 11.8 Å². The van der Waals surface area contributed by atoms with Crippen LogP contribution in [0, 0.1) is 17.8 Å². The number of nitrogens with zero attached hydrogens (tertiary/aromatic N) is 2. The molecule has 3 aromatic rings. The number of rotatable bonds is 6. The summed E-state index contributed by atoms with van der Waals surface area (Å²) in [4.78, 5) is 53.9. The van der Waals surface area contributed by atoms with Crippen LogP contribution in [-0.2, 0) is 19.2 Å². The zero-order valence-electron chi connectivity index (χ0n) is 26.7. The molecule has 0 bridgehead atoms. The first-order chi connectivity index (χ1) is 23.3. The maximum Gasteiger partial charge on any atom is 0.253 e. The van der Waals surface area contributed by atoms with Crippen LogP contribution in [0.5, 0.6) is 17.2 Å². The van der Waals surface area contributed by atoms with Gasteiger partial charge in [-0.25, -0.2) is 0 Å². The first-order valence-corrected chi connectivity index (χ1v) is 16.8. The van der Waals surface area contributed by atoms with Crippen molar-refractivity contribution in [2.75, 3.05) is 26.2 Å². The Bertz CT molecular complexity index is 2000. The minimum Gasteiger partial charge on any atom is -0.508 e. The molecule has 2 aliphatic carbocycles. The van der Waals surface area contributed by atoms with Gasteiger partial charge in [0.2, 0.25) is 11.8 Å². The fourth-order valence-corrected chi connectivity index (χ4v) is 9.28. The van der Waals surface area contributed by atoms with E-state index in [0.717, 1.165) is 16.0 Å². The summed E-state index contributed by atoms with van der Waals surface area (Å²) in [6, 6.07) is 16.8. The summed E-state index contributed by atoms with van der Waals surface area (Å²) in [6.07, 6.45) is 5.70. The number of allylic oxidation sites excluding steroid dienone is 2. The highest BCUT2D eigenvalue weighted by atomic mass is 35.5. The van der Waals surface area contributed by atoms with Crippen molar-refractivity contribution in [3.05, 3.63) is 94.0 Å². The molecule has 4 amide bonds. The van der Waals surface area contributed by atoms with E-state index < -0.39 is 51.1 Å². The average molecular weight is 722 g/mol. The van der Waals surface area contributed by atoms with E-state index >= 15 is 0 Å². The van der Waals surface area contributed by atoms with Gasteiger partial charge in [0.05, 0.1) is 31.7 Å². The van der Waals surface area contributed by atoms with Crippen LogP contribution < -0.4 is 14.4 Å². The second-order valence-corrected chi connectivity index (χ2v) is 14.4. The third-order valence-electron chi connectivity index (χ3n) is 10.4. The van der Waals surface area contributed by atoms with Gasteiger partial charge in [-0.3, -0.25) is 29.0 Å². The molecule has 12 heteroatoms. The van der Waals surface area contributed by atoms with E-state index in [2.05, 4.69) is 0 Å². The van der Waals surface area contributed by atoms with Gasteiger partial charge < -0.3 is 14.6 Å². The lowest BCUT2D eigenvalue weighted by atomic mass is 9.56. The molecule has 9 nitrogen and oxygen atoms in total. The number of alkyl halides is 2. The van der Waals surface area contributed by atoms with Crippen molar-refractivity contribution in [3.8, 4) is 17.2 Å². The summed E-state index contributed by atoms with van der Waals surface area (Å²) in [5.74, 6) is -4.13. The number of ether oxygens (including phenoxy) is 2. The van der Waals surface area contributed by atoms with Crippen LogP contribution in [0.4, 0.5) is 5.69 Å². The first kappa shape index (κ1) is 33.2. The number of benzene rings is 3. The standard InChI is InChI=1S/C37H31Cl3N2O7/c1-41-34(46)36(39)18-27-24(31(37(36,40)35(41)47)25-12-10-22(43)17-28(25)38)13-14-26-30(27)33(45)42(32(26)44)21-8-5-19(6-9-21)4-7-20-16-23(48-2)11-15-29(20)49-3/h4-13,15-17,26-27,30-31,43H,14,18H2,1-3H3/t26-,27+,30-,31+,36+,37-/m0/s1. The van der Waals surface area contributed by atoms with E-state index in [-0.39, 0.29) is 29.5 Å². The Morgan fingerprint density at radius 1 is 0.878 bits per heavy atom. The lowest BCUT2D eigenvalue weighted by molar-refractivity contribution is -0.138. The Morgan fingerprint density at radius 2 is 1.61 bits per heavy atom. The molecule has 2 aliphatic heterocycles. The van der Waals surface area contributed by atoms with Crippen LogP contribution in [0.1, 0.15) is 35.4 Å². The molecule has 2 heterocycles. The Morgan fingerprint density at radius 3 is 2.29 bits per heavy atom. The molecule has 2 saturated heterocycles. The zero-order valence-corrected chi connectivity index (χ0v) is 28.9. The summed E-state index contributed by atoms with van der Waals surface area (Å²) in [5, 5.41) is 10.2. The number of halogens is 3. The first-order valence-electron chi connectivity index (χ1n) is 15.6. The van der Waals surface area contributed by atoms with E-state index in [1.165, 1.54) is 24.1 Å². The van der Waals surface area contributed by atoms with E-state index in [0.29, 0.717) is 28.3 Å². The quantitative estimate of drug-likeness (QED) is 0.135. The summed E-state index contributed by atoms with van der Waals surface area (Å²) in [5.41, 5.74) is 3.05. The molecule has 49 heavy (non-hydrogen) atoms. The predicted molar refractivity (Wildman–Crippen MR) is 186 cm³/mol. The van der Waals surface area contributed by atoms with Crippen LogP contribution in [0.25, 0.3) is 12.2 Å². The molecule has 3 fully saturated rings. The minimum absolute atomic E-state index is 0.0979. The highest BCUT2D eigenvalue weighted by Gasteiger charge is 2.76. The maximum absolute atomic E-state index is 14.3. The lowest BCUT2D eigenvalue weighted by Crippen LogP contribution is -2.60. The van der Waals surface area contributed by atoms with Crippen molar-refractivity contribution >= 4 is 76.3 Å². The monoisotopic (exact) mass is 720 g/mol. The predicted octanol–water partition coefficient (Wildman–Crippen LogP) is 6.43. The molecule has 1 saturated carbocycles. The number of anilines is 1. The largest absolute Gasteiger partial charge is 0.508 e. The van der Waals surface area contributed by atoms with Gasteiger partial charge in [0, 0.05) is 23.6 Å². The number of hydrogen-bond acceptors (Lipinski definition) is 7. The zero-order chi connectivity index (χ0) is 35.0. The van der Waals surface area contributed by atoms with E-state index in [1.807, 2.05) is 48.6 Å². The van der Waals surface area contributed by atoms with Crippen molar-refractivity contribution in [3.63, 3.8) is 0 Å². The summed E-state index contributed by atoms with van der Waals surface area (Å²) in [7, 11) is 4.50. The molecule has 6 atom stereocenters. The molecule has 7 rings (SSSR count). The summed E-state index contributed by atoms with van der Waals surface area (Å²) >= 11 is 21.0. The van der Waals surface area contributed by atoms with Crippen LogP contribution in [0.15, 0.2) is 72.3 Å². The second kappa shape index (κ2) is 11.9. The molecule has 0 aromatic heterocycles. The molecule has 4 aliphatic rings. The van der Waals surface area contributed by atoms with Crippen LogP contribution in [0.2, 0.25) is 5.02 Å². The van der Waals surface area contributed by atoms with Crippen LogP contribution in [-0.4, -0.2) is 64.7 Å². The number of amides is 4. The van der Waals surface area contributed by atoms with Gasteiger partial charge in [-0.1, -0.05) is 53.6 Å². The maximum atomic E-state index is 14.3. The van der Waals surface area contributed by atoms with Crippen molar-refractivity contribution in [1.29, 1.82) is 0 Å². The number of fused-ring (bicyclic) bond motifs is 4. The topological polar surface area (TPSA) is 113 Å². The molecular formula is C37H31Cl3N2O7. The number of likely N-dealkylation sites (tertiary alicyclic amines) is 1. The highest BCUT2D eigenvalue weighted by Crippen LogP contribution is 2.66. The smallest absolute Gasteiger partial charge is 0.253 e. The number of phenols is 1. The normalized spacial score (nSPS) is 29.2. The summed E-state index contributed by atoms with van der Waals surface area (Å²) in [6.45, 7) is 0. The number of hydrogen-bond donors (Lipinski definition) is 1. The van der Waals surface area contributed by atoms with E-state index in [4.69, 9.17) is 44.3 Å². The molecule has 0 unspecified atom stereocenters. The number of imide groups is 2. The van der Waals surface area contributed by atoms with Crippen molar-refractivity contribution in [2.24, 2.45) is 17.8 Å². The fourth-order valence-electron chi connectivity index (χ4n) is 7.98. The fraction of sp³-hybridized carbons (Fsp3) is 0.297. The third-order valence-corrected chi connectivity index (χ3v) is 12.1. The molecular weight excluding hydrogens is 691 g/mol. The second-order valence-electron chi connectivity index (χ2n) is 12.7. The minimum atomic E-state index is -1.96. The Hall–Kier alpha value is -4.31. The van der Waals surface area contributed by atoms with Crippen LogP contribution in [0.3, 0.4) is 0 Å². The van der Waals surface area contributed by atoms with Gasteiger partial charge >= 0.3 is 0 Å². The number of carbonyl (C=O) groups is 4. The number of aromatic hydroxyl groups is 1. The lowest BCUT2D eigenvalue weighted by Gasteiger charge is -2.51. The molecule has 0 radical (unpaired) electrons. The van der Waals surface area contributed by atoms with Crippen molar-refractivity contribution in [2.45, 2.75) is 28.5 Å². The van der Waals surface area contributed by atoms with Gasteiger partial charge in [0.15, 0.2) is 9.75 Å². The number of methoxy groups -OCH3 is 2.